The molecule has 4 nitrogen and oxygen atoms in total. The van der Waals surface area contributed by atoms with Crippen molar-refractivity contribution in [3.05, 3.63) is 69.8 Å². The number of carbonyl (C=O) groups is 2. The number of aryl methyl sites for hydroxylation is 4. The summed E-state index contributed by atoms with van der Waals surface area (Å²) in [6.45, 7) is 4.47. The topological polar surface area (TPSA) is 52.6 Å². The summed E-state index contributed by atoms with van der Waals surface area (Å²) in [6.07, 6.45) is 4.52. The molecule has 0 unspecified atom stereocenters. The van der Waals surface area contributed by atoms with Crippen LogP contribution in [0.15, 0.2) is 36.4 Å². The largest absolute Gasteiger partial charge is 0.466 e. The van der Waals surface area contributed by atoms with Crippen molar-refractivity contribution < 1.29 is 19.1 Å². The third-order valence-electron chi connectivity index (χ3n) is 12.5. The molecule has 7 aliphatic carbocycles. The zero-order chi connectivity index (χ0) is 25.4. The number of rotatable bonds is 4. The quantitative estimate of drug-likeness (QED) is 0.426. The second-order valence-electron chi connectivity index (χ2n) is 13.3. The Labute approximate surface area is 224 Å². The standard InChI is InChI=1S/C34H36O4/c1-3-37-33(35)31-29-27-25-23-21-19-13-15-5-6-16-8-10-18(12-11-17(19)9-7-15)20(14-16)22(21)24(23)26(25)28(27)30(29)32(31)34(36)38-4-2/h7-10,13-14,21-32H,3-6,11-12H2,1-2H3/t21-,22+,23+,24-,25-,26+,27+,28-,29-,30+,31+,32-. The van der Waals surface area contributed by atoms with Gasteiger partial charge in [0.1, 0.15) is 0 Å². The van der Waals surface area contributed by atoms with Crippen molar-refractivity contribution in [2.75, 3.05) is 13.2 Å². The summed E-state index contributed by atoms with van der Waals surface area (Å²) >= 11 is 0. The highest BCUT2D eigenvalue weighted by molar-refractivity contribution is 5.86. The first-order chi connectivity index (χ1) is 18.6. The van der Waals surface area contributed by atoms with Gasteiger partial charge in [0, 0.05) is 0 Å². The van der Waals surface area contributed by atoms with E-state index >= 15 is 0 Å². The zero-order valence-corrected chi connectivity index (χ0v) is 22.3. The van der Waals surface area contributed by atoms with Gasteiger partial charge in [0.2, 0.25) is 0 Å². The maximum atomic E-state index is 13.0. The molecule has 0 N–H and O–H groups in total. The number of hydrogen-bond donors (Lipinski definition) is 0. The maximum Gasteiger partial charge on any atom is 0.310 e. The summed E-state index contributed by atoms with van der Waals surface area (Å²) in [5, 5.41) is 0. The normalized spacial score (nSPS) is 43.0. The van der Waals surface area contributed by atoms with Gasteiger partial charge in [0.05, 0.1) is 25.0 Å². The van der Waals surface area contributed by atoms with E-state index < -0.39 is 0 Å². The van der Waals surface area contributed by atoms with Crippen LogP contribution in [0, 0.1) is 59.2 Å². The van der Waals surface area contributed by atoms with Gasteiger partial charge < -0.3 is 9.47 Å². The van der Waals surface area contributed by atoms with Gasteiger partial charge in [-0.05, 0) is 132 Å². The second kappa shape index (κ2) is 7.52. The number of esters is 2. The third-order valence-corrected chi connectivity index (χ3v) is 12.5. The van der Waals surface area contributed by atoms with Gasteiger partial charge in [-0.1, -0.05) is 36.4 Å². The fraction of sp³-hybridized carbons (Fsp3) is 0.588. The van der Waals surface area contributed by atoms with E-state index in [9.17, 15) is 9.59 Å². The average molecular weight is 509 g/mol. The Morgan fingerprint density at radius 2 is 1.03 bits per heavy atom. The molecule has 9 rings (SSSR count). The summed E-state index contributed by atoms with van der Waals surface area (Å²) in [4.78, 5) is 26.1. The summed E-state index contributed by atoms with van der Waals surface area (Å²) < 4.78 is 11.0. The highest BCUT2D eigenvalue weighted by Gasteiger charge is 2.87. The van der Waals surface area contributed by atoms with Gasteiger partial charge >= 0.3 is 11.9 Å². The van der Waals surface area contributed by atoms with Crippen molar-refractivity contribution in [2.24, 2.45) is 59.2 Å². The van der Waals surface area contributed by atoms with E-state index in [1.807, 2.05) is 13.8 Å². The molecule has 2 aromatic carbocycles. The molecule has 0 radical (unpaired) electrons. The molecular formula is C34H36O4. The molecule has 12 atom stereocenters. The molecule has 196 valence electrons. The zero-order valence-electron chi connectivity index (χ0n) is 22.3. The minimum absolute atomic E-state index is 0.166. The summed E-state index contributed by atoms with van der Waals surface area (Å²) in [7, 11) is 0. The van der Waals surface area contributed by atoms with Crippen molar-refractivity contribution in [2.45, 2.75) is 51.4 Å². The van der Waals surface area contributed by atoms with Crippen LogP contribution < -0.4 is 0 Å². The molecule has 0 spiro atoms. The lowest BCUT2D eigenvalue weighted by Gasteiger charge is -2.88. The molecule has 7 aliphatic rings. The lowest BCUT2D eigenvalue weighted by molar-refractivity contribution is -0.395. The van der Waals surface area contributed by atoms with Gasteiger partial charge in [0.15, 0.2) is 0 Å². The summed E-state index contributed by atoms with van der Waals surface area (Å²) in [5.74, 6) is 5.08. The lowest BCUT2D eigenvalue weighted by Crippen LogP contribution is -2.86. The molecule has 5 fully saturated rings. The first kappa shape index (κ1) is 22.2. The third kappa shape index (κ3) is 2.46. The van der Waals surface area contributed by atoms with Crippen LogP contribution in [0.1, 0.15) is 59.1 Å². The van der Waals surface area contributed by atoms with Crippen LogP contribution in [0.3, 0.4) is 0 Å². The lowest BCUT2D eigenvalue weighted by atomic mass is 9.16. The molecule has 0 saturated heterocycles. The predicted molar refractivity (Wildman–Crippen MR) is 141 cm³/mol. The van der Waals surface area contributed by atoms with E-state index in [1.165, 1.54) is 11.1 Å². The molecule has 5 saturated carbocycles. The van der Waals surface area contributed by atoms with Crippen molar-refractivity contribution in [1.82, 2.24) is 0 Å². The number of carbonyl (C=O) groups excluding carboxylic acids is 2. The van der Waals surface area contributed by atoms with Crippen LogP contribution in [-0.2, 0) is 44.7 Å². The fourth-order valence-electron chi connectivity index (χ4n) is 11.4. The van der Waals surface area contributed by atoms with E-state index in [-0.39, 0.29) is 23.8 Å². The van der Waals surface area contributed by atoms with Crippen molar-refractivity contribution in [1.29, 1.82) is 0 Å². The van der Waals surface area contributed by atoms with Gasteiger partial charge in [-0.3, -0.25) is 9.59 Å². The molecule has 0 aliphatic heterocycles. The monoisotopic (exact) mass is 508 g/mol. The van der Waals surface area contributed by atoms with Crippen molar-refractivity contribution in [3.8, 4) is 0 Å². The first-order valence-corrected chi connectivity index (χ1v) is 15.2. The van der Waals surface area contributed by atoms with E-state index in [1.54, 1.807) is 22.3 Å². The van der Waals surface area contributed by atoms with E-state index in [2.05, 4.69) is 36.4 Å². The molecular weight excluding hydrogens is 472 g/mol. The molecule has 2 aromatic rings. The second-order valence-corrected chi connectivity index (χ2v) is 13.3. The Morgan fingerprint density at radius 1 is 0.605 bits per heavy atom. The molecule has 0 aromatic heterocycles. The number of hydrogen-bond acceptors (Lipinski definition) is 4. The van der Waals surface area contributed by atoms with Crippen LogP contribution in [0.25, 0.3) is 0 Å². The van der Waals surface area contributed by atoms with Crippen molar-refractivity contribution in [3.63, 3.8) is 0 Å². The van der Waals surface area contributed by atoms with E-state index in [0.717, 1.165) is 49.4 Å². The van der Waals surface area contributed by atoms with Crippen LogP contribution in [-0.4, -0.2) is 25.2 Å². The predicted octanol–water partition coefficient (Wildman–Crippen LogP) is 5.11. The highest BCUT2D eigenvalue weighted by atomic mass is 16.5. The number of benzene rings is 2. The Balaban J connectivity index is 1.10. The average Bonchev–Trinajstić information content (AvgIpc) is 2.87. The fourth-order valence-corrected chi connectivity index (χ4v) is 11.4. The van der Waals surface area contributed by atoms with Crippen LogP contribution >= 0.6 is 0 Å². The van der Waals surface area contributed by atoms with Gasteiger partial charge in [-0.15, -0.1) is 0 Å². The first-order valence-electron chi connectivity index (χ1n) is 15.2. The van der Waals surface area contributed by atoms with E-state index in [4.69, 9.17) is 9.47 Å². The molecule has 0 heterocycles. The van der Waals surface area contributed by atoms with Gasteiger partial charge in [-0.2, -0.15) is 0 Å². The molecule has 0 amide bonds. The highest BCUT2D eigenvalue weighted by Crippen LogP contribution is 2.89. The SMILES string of the molecule is CCOC(=O)[C@@H]1[C@H](C(=O)OCC)[C@@H]2[C@H]1[C@@H]1[C@H]2[C@H]2[C@@H]3[C@H]4c5cc6ccc5CCc5ccc(cc5[C@H]4[C@@H]3[C@@H]12)CC6. The minimum atomic E-state index is -0.291. The Morgan fingerprint density at radius 3 is 1.45 bits per heavy atom. The van der Waals surface area contributed by atoms with Crippen molar-refractivity contribution >= 4 is 11.9 Å². The number of fused-ring (bicyclic) bond motifs is 12. The molecule has 38 heavy (non-hydrogen) atoms. The Hall–Kier alpha value is -2.62. The maximum absolute atomic E-state index is 13.0. The molecule has 4 heteroatoms. The van der Waals surface area contributed by atoms with Crippen LogP contribution in [0.2, 0.25) is 0 Å². The van der Waals surface area contributed by atoms with Crippen LogP contribution in [0.4, 0.5) is 0 Å². The smallest absolute Gasteiger partial charge is 0.310 e. The number of ether oxygens (including phenoxy) is 2. The van der Waals surface area contributed by atoms with Gasteiger partial charge in [-0.25, -0.2) is 0 Å². The summed E-state index contributed by atoms with van der Waals surface area (Å²) in [6, 6.07) is 14.8. The Kier molecular flexibility index (Phi) is 4.40. The Bertz CT molecular complexity index is 1290. The molecule has 4 bridgehead atoms. The van der Waals surface area contributed by atoms with Gasteiger partial charge in [0.25, 0.3) is 0 Å². The minimum Gasteiger partial charge on any atom is -0.466 e. The van der Waals surface area contributed by atoms with E-state index in [0.29, 0.717) is 48.7 Å². The summed E-state index contributed by atoms with van der Waals surface area (Å²) in [5.41, 5.74) is 9.40. The van der Waals surface area contributed by atoms with Crippen LogP contribution in [0.5, 0.6) is 0 Å².